The van der Waals surface area contributed by atoms with Gasteiger partial charge in [0.25, 0.3) is 5.91 Å². The van der Waals surface area contributed by atoms with Crippen LogP contribution >= 0.6 is 0 Å². The quantitative estimate of drug-likeness (QED) is 0.210. The van der Waals surface area contributed by atoms with Gasteiger partial charge in [-0.25, -0.2) is 23.0 Å². The highest BCUT2D eigenvalue weighted by Crippen LogP contribution is 2.54. The summed E-state index contributed by atoms with van der Waals surface area (Å²) in [7, 11) is -3.82. The SMILES string of the molecule is CCCCCCC[C@@H]1C[C@]1(C=NC(=O)[C@@H]1C[C@@H](OC(=O)N2Cc3ccccc3C2)CN1C(=O)CNC(=O)OC(C)(C)C)C(=O)NS(=O)(=O)C1CC1. The van der Waals surface area contributed by atoms with Crippen molar-refractivity contribution in [3.8, 4) is 0 Å². The zero-order valence-electron chi connectivity index (χ0n) is 30.0. The minimum Gasteiger partial charge on any atom is -0.444 e. The minimum absolute atomic E-state index is 0.0447. The van der Waals surface area contributed by atoms with Crippen LogP contribution in [0.3, 0.4) is 0 Å². The van der Waals surface area contributed by atoms with E-state index in [2.05, 4.69) is 22.0 Å². The highest BCUT2D eigenvalue weighted by Gasteiger charge is 2.60. The predicted molar refractivity (Wildman–Crippen MR) is 188 cm³/mol. The zero-order valence-corrected chi connectivity index (χ0v) is 30.8. The van der Waals surface area contributed by atoms with E-state index in [0.717, 1.165) is 43.2 Å². The van der Waals surface area contributed by atoms with Gasteiger partial charge in [-0.2, -0.15) is 0 Å². The van der Waals surface area contributed by atoms with Crippen LogP contribution in [0.4, 0.5) is 9.59 Å². The summed E-state index contributed by atoms with van der Waals surface area (Å²) in [5, 5.41) is 1.82. The van der Waals surface area contributed by atoms with Crippen LogP contribution in [0, 0.1) is 11.3 Å². The van der Waals surface area contributed by atoms with E-state index in [4.69, 9.17) is 9.47 Å². The second-order valence-electron chi connectivity index (χ2n) is 15.2. The fourth-order valence-electron chi connectivity index (χ4n) is 6.78. The van der Waals surface area contributed by atoms with Gasteiger partial charge < -0.3 is 19.7 Å². The van der Waals surface area contributed by atoms with Gasteiger partial charge in [0, 0.05) is 25.7 Å². The molecule has 0 radical (unpaired) electrons. The lowest BCUT2D eigenvalue weighted by molar-refractivity contribution is -0.136. The third kappa shape index (κ3) is 9.86. The number of nitrogens with zero attached hydrogens (tertiary/aromatic N) is 3. The van der Waals surface area contributed by atoms with E-state index < -0.39 is 74.9 Å². The first-order valence-corrected chi connectivity index (χ1v) is 19.6. The molecule has 1 saturated heterocycles. The average Bonchev–Trinajstić information content (AvgIpc) is 3.96. The van der Waals surface area contributed by atoms with Crippen molar-refractivity contribution in [2.24, 2.45) is 16.3 Å². The number of nitrogens with one attached hydrogen (secondary N) is 2. The van der Waals surface area contributed by atoms with Crippen molar-refractivity contribution < 1.29 is 41.9 Å². The molecular weight excluding hydrogens is 678 g/mol. The summed E-state index contributed by atoms with van der Waals surface area (Å²) >= 11 is 0. The normalized spacial score (nSPS) is 24.3. The molecular formula is C36H51N5O9S. The Bertz CT molecular complexity index is 1610. The van der Waals surface area contributed by atoms with Crippen molar-refractivity contribution in [1.82, 2.24) is 19.8 Å². The van der Waals surface area contributed by atoms with Gasteiger partial charge in [-0.15, -0.1) is 0 Å². The molecule has 51 heavy (non-hydrogen) atoms. The lowest BCUT2D eigenvalue weighted by Crippen LogP contribution is -2.46. The molecule has 2 heterocycles. The maximum Gasteiger partial charge on any atom is 0.410 e. The molecule has 3 fully saturated rings. The molecule has 1 aromatic rings. The lowest BCUT2D eigenvalue weighted by atomic mass is 10.00. The number of sulfonamides is 1. The third-order valence-corrected chi connectivity index (χ3v) is 11.7. The lowest BCUT2D eigenvalue weighted by Gasteiger charge is -2.23. The Labute approximate surface area is 300 Å². The number of hydrogen-bond donors (Lipinski definition) is 2. The van der Waals surface area contributed by atoms with Gasteiger partial charge in [-0.05, 0) is 63.5 Å². The van der Waals surface area contributed by atoms with E-state index in [1.807, 2.05) is 24.3 Å². The molecule has 2 aliphatic carbocycles. The highest BCUT2D eigenvalue weighted by atomic mass is 32.2. The Morgan fingerprint density at radius 1 is 1.02 bits per heavy atom. The van der Waals surface area contributed by atoms with Gasteiger partial charge in [0.2, 0.25) is 21.8 Å². The van der Waals surface area contributed by atoms with E-state index in [0.29, 0.717) is 38.8 Å². The van der Waals surface area contributed by atoms with Gasteiger partial charge in [-0.3, -0.25) is 24.0 Å². The fraction of sp³-hybridized carbons (Fsp3) is 0.667. The molecule has 2 aliphatic heterocycles. The molecule has 5 amide bonds. The second-order valence-corrected chi connectivity index (χ2v) is 17.2. The summed E-state index contributed by atoms with van der Waals surface area (Å²) in [5.41, 5.74) is -0.0324. The van der Waals surface area contributed by atoms with Crippen LogP contribution in [0.15, 0.2) is 29.3 Å². The third-order valence-electron chi connectivity index (χ3n) is 9.87. The van der Waals surface area contributed by atoms with Gasteiger partial charge in [-0.1, -0.05) is 63.3 Å². The monoisotopic (exact) mass is 729 g/mol. The molecule has 5 rings (SSSR count). The van der Waals surface area contributed by atoms with Crippen LogP contribution < -0.4 is 10.0 Å². The van der Waals surface area contributed by atoms with E-state index in [1.165, 1.54) is 11.1 Å². The summed E-state index contributed by atoms with van der Waals surface area (Å²) < 4.78 is 38.6. The van der Waals surface area contributed by atoms with Gasteiger partial charge in [0.1, 0.15) is 24.3 Å². The Hall–Kier alpha value is -4.01. The van der Waals surface area contributed by atoms with E-state index in [1.54, 1.807) is 25.7 Å². The molecule has 280 valence electrons. The van der Waals surface area contributed by atoms with E-state index in [9.17, 15) is 32.4 Å². The summed E-state index contributed by atoms with van der Waals surface area (Å²) in [5.74, 6) is -2.22. The number of amides is 5. The number of alkyl carbamates (subject to hydrolysis) is 1. The number of hydrogen-bond acceptors (Lipinski definition) is 9. The number of rotatable bonds is 14. The maximum absolute atomic E-state index is 13.8. The number of ether oxygens (including phenoxy) is 2. The summed E-state index contributed by atoms with van der Waals surface area (Å²) in [4.78, 5) is 73.1. The molecule has 4 aliphatic rings. The molecule has 2 N–H and O–H groups in total. The van der Waals surface area contributed by atoms with Crippen LogP contribution in [0.5, 0.6) is 0 Å². The van der Waals surface area contributed by atoms with Crippen molar-refractivity contribution in [1.29, 1.82) is 0 Å². The molecule has 0 unspecified atom stereocenters. The van der Waals surface area contributed by atoms with E-state index in [-0.39, 0.29) is 18.9 Å². The second kappa shape index (κ2) is 15.7. The molecule has 0 bridgehead atoms. The number of unbranched alkanes of at least 4 members (excludes halogenated alkanes) is 4. The molecule has 0 aromatic heterocycles. The van der Waals surface area contributed by atoms with Crippen molar-refractivity contribution in [2.45, 2.75) is 128 Å². The zero-order chi connectivity index (χ0) is 37.0. The Morgan fingerprint density at radius 2 is 1.69 bits per heavy atom. The minimum atomic E-state index is -3.82. The number of carbonyl (C=O) groups excluding carboxylic acids is 5. The predicted octanol–water partition coefficient (Wildman–Crippen LogP) is 4.21. The number of likely N-dealkylation sites (tertiary alicyclic amines) is 1. The number of aliphatic imine (C=N–C) groups is 1. The van der Waals surface area contributed by atoms with Gasteiger partial charge >= 0.3 is 12.2 Å². The number of fused-ring (bicyclic) bond motifs is 1. The Morgan fingerprint density at radius 3 is 2.31 bits per heavy atom. The van der Waals surface area contributed by atoms with Crippen molar-refractivity contribution in [2.75, 3.05) is 13.1 Å². The highest BCUT2D eigenvalue weighted by molar-refractivity contribution is 7.91. The summed E-state index contributed by atoms with van der Waals surface area (Å²) in [6.45, 7) is 7.34. The Kier molecular flexibility index (Phi) is 11.8. The molecule has 15 heteroatoms. The first-order valence-electron chi connectivity index (χ1n) is 18.1. The summed E-state index contributed by atoms with van der Waals surface area (Å²) in [6, 6.07) is 6.52. The maximum atomic E-state index is 13.8. The number of carbonyl (C=O) groups is 5. The van der Waals surface area contributed by atoms with Crippen LogP contribution in [-0.4, -0.2) is 90.4 Å². The van der Waals surface area contributed by atoms with Gasteiger partial charge in [0.15, 0.2) is 0 Å². The van der Waals surface area contributed by atoms with Crippen LogP contribution in [0.1, 0.15) is 103 Å². The van der Waals surface area contributed by atoms with Crippen molar-refractivity contribution >= 4 is 46.1 Å². The smallest absolute Gasteiger partial charge is 0.410 e. The van der Waals surface area contributed by atoms with Crippen molar-refractivity contribution in [3.05, 3.63) is 35.4 Å². The average molecular weight is 730 g/mol. The van der Waals surface area contributed by atoms with Crippen LogP contribution in [0.2, 0.25) is 0 Å². The van der Waals surface area contributed by atoms with Gasteiger partial charge in [0.05, 0.1) is 17.2 Å². The van der Waals surface area contributed by atoms with Crippen LogP contribution in [0.25, 0.3) is 0 Å². The fourth-order valence-corrected chi connectivity index (χ4v) is 8.16. The van der Waals surface area contributed by atoms with Crippen LogP contribution in [-0.2, 0) is 47.0 Å². The first-order chi connectivity index (χ1) is 24.1. The Balaban J connectivity index is 1.29. The largest absolute Gasteiger partial charge is 0.444 e. The standard InChI is InChI=1S/C36H51N5O9S/c1-5-6-7-8-9-14-26-18-36(26,32(44)39-51(47,48)28-15-16-28)23-38-31(43)29-17-27(22-41(29)30(42)19-37-33(45)50-35(2,3)4)49-34(46)40-20-24-12-10-11-13-25(24)21-40/h10-13,23,26-29H,5-9,14-22H2,1-4H3,(H,37,45)(H,39,44)/t26-,27-,29+,36-/m1/s1. The first kappa shape index (κ1) is 38.2. The molecule has 2 saturated carbocycles. The topological polar surface area (TPSA) is 181 Å². The molecule has 0 spiro atoms. The number of benzene rings is 1. The van der Waals surface area contributed by atoms with E-state index >= 15 is 0 Å². The molecule has 4 atom stereocenters. The molecule has 1 aromatic carbocycles. The van der Waals surface area contributed by atoms with Crippen molar-refractivity contribution in [3.63, 3.8) is 0 Å². The summed E-state index contributed by atoms with van der Waals surface area (Å²) in [6.07, 6.45) is 6.12. The molecule has 14 nitrogen and oxygen atoms in total.